The Labute approximate surface area is 119 Å². The highest BCUT2D eigenvalue weighted by Crippen LogP contribution is 2.27. The van der Waals surface area contributed by atoms with Gasteiger partial charge in [0.05, 0.1) is 23.0 Å². The van der Waals surface area contributed by atoms with Crippen molar-refractivity contribution in [2.45, 2.75) is 19.5 Å². The summed E-state index contributed by atoms with van der Waals surface area (Å²) in [7, 11) is 0. The lowest BCUT2D eigenvalue weighted by atomic mass is 10.0. The first-order chi connectivity index (χ1) is 8.13. The largest absolute Gasteiger partial charge is 0.319 e. The molecule has 2 rings (SSSR count). The molecule has 90 valence electrons. The molecule has 1 atom stereocenters. The minimum atomic E-state index is -0.236. The van der Waals surface area contributed by atoms with Crippen LogP contribution in [0.3, 0.4) is 0 Å². The Balaban J connectivity index is 2.43. The van der Waals surface area contributed by atoms with Crippen LogP contribution in [0.1, 0.15) is 24.2 Å². The van der Waals surface area contributed by atoms with Crippen molar-refractivity contribution < 1.29 is 0 Å². The Bertz CT molecular complexity index is 524. The fourth-order valence-electron chi connectivity index (χ4n) is 1.79. The van der Waals surface area contributed by atoms with Gasteiger partial charge in [-0.3, -0.25) is 4.68 Å². The second kappa shape index (κ2) is 5.37. The Morgan fingerprint density at radius 1 is 1.53 bits per heavy atom. The molecule has 1 aromatic carbocycles. The molecule has 5 heteroatoms. The van der Waals surface area contributed by atoms with Crippen LogP contribution in [0, 0.1) is 3.57 Å². The Kier molecular flexibility index (Phi) is 4.06. The van der Waals surface area contributed by atoms with Crippen molar-refractivity contribution in [1.29, 1.82) is 0 Å². The van der Waals surface area contributed by atoms with E-state index in [9.17, 15) is 0 Å². The number of rotatable bonds is 3. The van der Waals surface area contributed by atoms with Crippen LogP contribution in [0.2, 0.25) is 5.02 Å². The van der Waals surface area contributed by atoms with Crippen LogP contribution in [0.5, 0.6) is 0 Å². The molecule has 0 aliphatic rings. The summed E-state index contributed by atoms with van der Waals surface area (Å²) in [6.45, 7) is 2.79. The zero-order valence-corrected chi connectivity index (χ0v) is 12.3. The second-order valence-electron chi connectivity index (χ2n) is 3.73. The zero-order valence-electron chi connectivity index (χ0n) is 9.40. The molecule has 1 unspecified atom stereocenters. The summed E-state index contributed by atoms with van der Waals surface area (Å²) in [6.07, 6.45) is 1.65. The fourth-order valence-corrected chi connectivity index (χ4v) is 2.62. The van der Waals surface area contributed by atoms with Crippen molar-refractivity contribution in [2.24, 2.45) is 5.73 Å². The lowest BCUT2D eigenvalue weighted by molar-refractivity contribution is 0.601. The monoisotopic (exact) mass is 361 g/mol. The third kappa shape index (κ3) is 2.64. The number of halogens is 2. The van der Waals surface area contributed by atoms with Gasteiger partial charge in [0.2, 0.25) is 0 Å². The van der Waals surface area contributed by atoms with Gasteiger partial charge in [0, 0.05) is 10.1 Å². The molecule has 0 saturated carbocycles. The standard InChI is InChI=1S/C12H13ClIN3/c1-2-17-12(10(13)7-16-17)11(15)8-4-3-5-9(14)6-8/h3-7,11H,2,15H2,1H3. The lowest BCUT2D eigenvalue weighted by Crippen LogP contribution is -2.17. The van der Waals surface area contributed by atoms with Gasteiger partial charge in [-0.1, -0.05) is 23.7 Å². The molecule has 1 aromatic heterocycles. The SMILES string of the molecule is CCn1ncc(Cl)c1C(N)c1cccc(I)c1. The van der Waals surface area contributed by atoms with Crippen LogP contribution in [0.4, 0.5) is 0 Å². The molecule has 1 heterocycles. The molecule has 0 fully saturated rings. The maximum Gasteiger partial charge on any atom is 0.0837 e. The Morgan fingerprint density at radius 3 is 2.94 bits per heavy atom. The number of nitrogens with zero attached hydrogens (tertiary/aromatic N) is 2. The van der Waals surface area contributed by atoms with Gasteiger partial charge in [-0.25, -0.2) is 0 Å². The van der Waals surface area contributed by atoms with Gasteiger partial charge < -0.3 is 5.73 Å². The summed E-state index contributed by atoms with van der Waals surface area (Å²) in [5, 5.41) is 4.83. The molecule has 2 N–H and O–H groups in total. The topological polar surface area (TPSA) is 43.8 Å². The molecule has 3 nitrogen and oxygen atoms in total. The maximum absolute atomic E-state index is 6.26. The quantitative estimate of drug-likeness (QED) is 0.853. The van der Waals surface area contributed by atoms with Crippen molar-refractivity contribution >= 4 is 34.2 Å². The predicted molar refractivity (Wildman–Crippen MR) is 78.1 cm³/mol. The van der Waals surface area contributed by atoms with Crippen LogP contribution in [-0.2, 0) is 6.54 Å². The smallest absolute Gasteiger partial charge is 0.0837 e. The summed E-state index contributed by atoms with van der Waals surface area (Å²) in [5.41, 5.74) is 8.18. The van der Waals surface area contributed by atoms with Crippen molar-refractivity contribution in [3.63, 3.8) is 0 Å². The average Bonchev–Trinajstić information content (AvgIpc) is 2.69. The van der Waals surface area contributed by atoms with Crippen LogP contribution in [0.25, 0.3) is 0 Å². The van der Waals surface area contributed by atoms with E-state index in [1.165, 1.54) is 0 Å². The van der Waals surface area contributed by atoms with Crippen molar-refractivity contribution in [1.82, 2.24) is 9.78 Å². The summed E-state index contributed by atoms with van der Waals surface area (Å²) in [6, 6.07) is 7.87. The molecule has 0 aliphatic carbocycles. The second-order valence-corrected chi connectivity index (χ2v) is 5.38. The third-order valence-corrected chi connectivity index (χ3v) is 3.60. The first kappa shape index (κ1) is 12.9. The van der Waals surface area contributed by atoms with Crippen LogP contribution >= 0.6 is 34.2 Å². The van der Waals surface area contributed by atoms with Gasteiger partial charge >= 0.3 is 0 Å². The van der Waals surface area contributed by atoms with Crippen molar-refractivity contribution in [3.8, 4) is 0 Å². The normalized spacial score (nSPS) is 12.7. The molecule has 0 bridgehead atoms. The van der Waals surface area contributed by atoms with E-state index in [4.69, 9.17) is 17.3 Å². The van der Waals surface area contributed by atoms with Crippen LogP contribution in [0.15, 0.2) is 30.5 Å². The van der Waals surface area contributed by atoms with E-state index in [1.54, 1.807) is 6.20 Å². The summed E-state index contributed by atoms with van der Waals surface area (Å²) < 4.78 is 3.00. The average molecular weight is 362 g/mol. The highest BCUT2D eigenvalue weighted by molar-refractivity contribution is 14.1. The molecule has 17 heavy (non-hydrogen) atoms. The van der Waals surface area contributed by atoms with E-state index in [2.05, 4.69) is 33.8 Å². The van der Waals surface area contributed by atoms with Crippen LogP contribution < -0.4 is 5.73 Å². The maximum atomic E-state index is 6.26. The van der Waals surface area contributed by atoms with E-state index >= 15 is 0 Å². The number of benzene rings is 1. The lowest BCUT2D eigenvalue weighted by Gasteiger charge is -2.14. The van der Waals surface area contributed by atoms with Gasteiger partial charge in [0.1, 0.15) is 0 Å². The molecule has 0 spiro atoms. The first-order valence-corrected chi connectivity index (χ1v) is 6.81. The van der Waals surface area contributed by atoms with Gasteiger partial charge in [0.25, 0.3) is 0 Å². The highest BCUT2D eigenvalue weighted by Gasteiger charge is 2.17. The van der Waals surface area contributed by atoms with Crippen molar-refractivity contribution in [2.75, 3.05) is 0 Å². The molecule has 0 radical (unpaired) electrons. The number of aromatic nitrogens is 2. The summed E-state index contributed by atoms with van der Waals surface area (Å²) in [4.78, 5) is 0. The van der Waals surface area contributed by atoms with E-state index in [0.717, 1.165) is 21.4 Å². The summed E-state index contributed by atoms with van der Waals surface area (Å²) in [5.74, 6) is 0. The predicted octanol–water partition coefficient (Wildman–Crippen LogP) is 3.21. The van der Waals surface area contributed by atoms with E-state index in [0.29, 0.717) is 5.02 Å². The summed E-state index contributed by atoms with van der Waals surface area (Å²) >= 11 is 8.42. The number of hydrogen-bond acceptors (Lipinski definition) is 2. The number of aryl methyl sites for hydroxylation is 1. The van der Waals surface area contributed by atoms with E-state index in [-0.39, 0.29) is 6.04 Å². The van der Waals surface area contributed by atoms with Gasteiger partial charge in [-0.05, 0) is 47.2 Å². The Hall–Kier alpha value is -0.590. The molecule has 0 saturated heterocycles. The molecule has 0 amide bonds. The zero-order chi connectivity index (χ0) is 12.4. The Morgan fingerprint density at radius 2 is 2.29 bits per heavy atom. The molecular weight excluding hydrogens is 349 g/mol. The van der Waals surface area contributed by atoms with E-state index < -0.39 is 0 Å². The minimum Gasteiger partial charge on any atom is -0.319 e. The molecular formula is C12H13ClIN3. The molecule has 0 aliphatic heterocycles. The number of hydrogen-bond donors (Lipinski definition) is 1. The number of nitrogens with two attached hydrogens (primary N) is 1. The van der Waals surface area contributed by atoms with Gasteiger partial charge in [-0.15, -0.1) is 0 Å². The van der Waals surface area contributed by atoms with Gasteiger partial charge in [0.15, 0.2) is 0 Å². The third-order valence-electron chi connectivity index (χ3n) is 2.64. The van der Waals surface area contributed by atoms with Crippen molar-refractivity contribution in [3.05, 3.63) is 50.3 Å². The highest BCUT2D eigenvalue weighted by atomic mass is 127. The van der Waals surface area contributed by atoms with Crippen LogP contribution in [-0.4, -0.2) is 9.78 Å². The van der Waals surface area contributed by atoms with Gasteiger partial charge in [-0.2, -0.15) is 5.10 Å². The minimum absolute atomic E-state index is 0.236. The van der Waals surface area contributed by atoms with E-state index in [1.807, 2.05) is 29.8 Å². The first-order valence-electron chi connectivity index (χ1n) is 5.35. The molecule has 2 aromatic rings. The fraction of sp³-hybridized carbons (Fsp3) is 0.250.